The predicted octanol–water partition coefficient (Wildman–Crippen LogP) is 8.21. The van der Waals surface area contributed by atoms with Crippen molar-refractivity contribution >= 4 is 17.5 Å². The molecule has 3 N–H and O–H groups in total. The van der Waals surface area contributed by atoms with Crippen molar-refractivity contribution in [2.75, 3.05) is 26.1 Å². The number of ketones is 1. The number of nitrogens with one attached hydrogen (secondary N) is 1. The predicted molar refractivity (Wildman–Crippen MR) is 205 cm³/mol. The van der Waals surface area contributed by atoms with Gasteiger partial charge in [0.2, 0.25) is 0 Å². The molecule has 8 heteroatoms. The highest BCUT2D eigenvalue weighted by Gasteiger charge is 2.74. The Balaban J connectivity index is 1.19. The van der Waals surface area contributed by atoms with Gasteiger partial charge in [0.25, 0.3) is 0 Å². The maximum absolute atomic E-state index is 14.8. The quantitative estimate of drug-likeness (QED) is 0.152. The SMILES string of the molecule is COc1ccc(CN(C[C@]2(O)CC[C@H]3[C@]45C=C[C@@]6(C=C4C(=O)c4ccccc4)CC(O)CC[C@]6(C)[C@H]5CC[C@@]32C)C(=O)Nc2ccccc2)c(OC)c1. The number of nitrogens with zero attached hydrogens (tertiary/aromatic N) is 1. The third kappa shape index (κ3) is 5.30. The largest absolute Gasteiger partial charge is 0.497 e. The Kier molecular flexibility index (Phi) is 8.65. The molecular weight excluding hydrogens is 665 g/mol. The van der Waals surface area contributed by atoms with Crippen molar-refractivity contribution in [2.45, 2.75) is 77.0 Å². The van der Waals surface area contributed by atoms with Crippen LogP contribution in [-0.4, -0.2) is 59.4 Å². The fraction of sp³-hybridized carbons (Fsp3) is 0.467. The van der Waals surface area contributed by atoms with Crippen molar-refractivity contribution < 1.29 is 29.3 Å². The standard InChI is InChI=1S/C45H52N2O6/c1-41-20-17-33(48)26-43(41)23-24-45(35(27-43)39(49)30-11-7-5-8-12-30)37(41)18-21-42(2)38(45)19-22-44(42,51)29-47(40(50)46-32-13-9-6-10-14-32)28-31-15-16-34(52-3)25-36(31)53-4/h5-16,23-25,27,33,37-38,48,51H,17-22,26,28-29H2,1-4H3,(H,46,50)/t33?,37-,38-,41-,42+,43+,44-,45-/m1/s1. The number of rotatable bonds is 9. The van der Waals surface area contributed by atoms with Crippen molar-refractivity contribution in [2.24, 2.45) is 33.5 Å². The van der Waals surface area contributed by atoms with Crippen LogP contribution in [0.15, 0.2) is 103 Å². The zero-order chi connectivity index (χ0) is 37.2. The number of para-hydroxylation sites is 1. The summed E-state index contributed by atoms with van der Waals surface area (Å²) in [6.45, 7) is 4.92. The summed E-state index contributed by atoms with van der Waals surface area (Å²) in [4.78, 5) is 30.8. The Morgan fingerprint density at radius 1 is 0.849 bits per heavy atom. The summed E-state index contributed by atoms with van der Waals surface area (Å²) < 4.78 is 11.2. The van der Waals surface area contributed by atoms with E-state index >= 15 is 0 Å². The topological polar surface area (TPSA) is 108 Å². The monoisotopic (exact) mass is 716 g/mol. The van der Waals surface area contributed by atoms with Gasteiger partial charge in [0.1, 0.15) is 11.5 Å². The number of hydrogen-bond donors (Lipinski definition) is 3. The van der Waals surface area contributed by atoms with Crippen LogP contribution < -0.4 is 14.8 Å². The van der Waals surface area contributed by atoms with Crippen LogP contribution >= 0.6 is 0 Å². The van der Waals surface area contributed by atoms with E-state index in [2.05, 4.69) is 37.4 Å². The number of hydrogen-bond acceptors (Lipinski definition) is 6. The van der Waals surface area contributed by atoms with Gasteiger partial charge in [-0.1, -0.05) is 80.6 Å². The molecule has 2 amide bonds. The number of carbonyl (C=O) groups excluding carboxylic acids is 2. The van der Waals surface area contributed by atoms with E-state index in [4.69, 9.17) is 9.47 Å². The number of benzene rings is 3. The zero-order valence-corrected chi connectivity index (χ0v) is 31.3. The fourth-order valence-electron chi connectivity index (χ4n) is 11.8. The van der Waals surface area contributed by atoms with E-state index in [1.54, 1.807) is 19.1 Å². The van der Waals surface area contributed by atoms with Crippen molar-refractivity contribution in [3.63, 3.8) is 0 Å². The second-order valence-electron chi connectivity index (χ2n) is 16.8. The minimum absolute atomic E-state index is 0.0366. The molecule has 3 fully saturated rings. The average Bonchev–Trinajstić information content (AvgIpc) is 3.44. The Hall–Kier alpha value is -4.40. The third-order valence-corrected chi connectivity index (χ3v) is 14.6. The lowest BCUT2D eigenvalue weighted by Crippen LogP contribution is -2.67. The molecule has 2 bridgehead atoms. The smallest absolute Gasteiger partial charge is 0.322 e. The molecule has 3 saturated carbocycles. The third-order valence-electron chi connectivity index (χ3n) is 14.6. The first-order valence-electron chi connectivity index (χ1n) is 19.2. The number of methoxy groups -OCH3 is 2. The summed E-state index contributed by atoms with van der Waals surface area (Å²) in [7, 11) is 3.21. The molecule has 2 spiro atoms. The van der Waals surface area contributed by atoms with Gasteiger partial charge in [-0.25, -0.2) is 4.79 Å². The van der Waals surface area contributed by atoms with Crippen LogP contribution in [0, 0.1) is 33.5 Å². The van der Waals surface area contributed by atoms with Gasteiger partial charge in [0, 0.05) is 44.7 Å². The van der Waals surface area contributed by atoms with Crippen molar-refractivity contribution in [1.29, 1.82) is 0 Å². The van der Waals surface area contributed by atoms with Gasteiger partial charge in [-0.3, -0.25) is 4.79 Å². The number of carbonyl (C=O) groups is 2. The molecule has 6 aliphatic carbocycles. The molecule has 0 saturated heterocycles. The van der Waals surface area contributed by atoms with Crippen LogP contribution in [0.25, 0.3) is 0 Å². The van der Waals surface area contributed by atoms with E-state index < -0.39 is 27.9 Å². The number of urea groups is 1. The maximum atomic E-state index is 14.8. The first-order valence-corrected chi connectivity index (χ1v) is 19.2. The molecule has 278 valence electrons. The van der Waals surface area contributed by atoms with Crippen molar-refractivity contribution in [3.8, 4) is 11.5 Å². The van der Waals surface area contributed by atoms with Crippen LogP contribution in [0.4, 0.5) is 10.5 Å². The van der Waals surface area contributed by atoms with Crippen LogP contribution in [0.3, 0.4) is 0 Å². The molecule has 6 aliphatic rings. The van der Waals surface area contributed by atoms with E-state index in [0.29, 0.717) is 35.6 Å². The van der Waals surface area contributed by atoms with E-state index in [-0.39, 0.29) is 42.2 Å². The minimum atomic E-state index is -1.24. The first kappa shape index (κ1) is 35.6. The molecule has 0 radical (unpaired) electrons. The zero-order valence-electron chi connectivity index (χ0n) is 31.3. The van der Waals surface area contributed by atoms with Gasteiger partial charge in [0.15, 0.2) is 5.78 Å². The number of ether oxygens (including phenoxy) is 2. The summed E-state index contributed by atoms with van der Waals surface area (Å²) in [5.41, 5.74) is -0.00385. The summed E-state index contributed by atoms with van der Waals surface area (Å²) in [6.07, 6.45) is 11.6. The Morgan fingerprint density at radius 2 is 1.53 bits per heavy atom. The highest BCUT2D eigenvalue weighted by Crippen LogP contribution is 2.78. The van der Waals surface area contributed by atoms with Crippen LogP contribution in [0.2, 0.25) is 0 Å². The Morgan fingerprint density at radius 3 is 2.25 bits per heavy atom. The normalized spacial score (nSPS) is 35.0. The number of Topliss-reactive ketones (excluding diaryl/α,β-unsaturated/α-hetero) is 1. The number of aliphatic hydroxyl groups is 2. The van der Waals surface area contributed by atoms with E-state index in [1.165, 1.54) is 0 Å². The second kappa shape index (κ2) is 12.9. The molecule has 3 aromatic rings. The van der Waals surface area contributed by atoms with Crippen LogP contribution in [0.5, 0.6) is 11.5 Å². The second-order valence-corrected chi connectivity index (χ2v) is 16.8. The summed E-state index contributed by atoms with van der Waals surface area (Å²) in [5, 5.41) is 27.3. The molecular formula is C45H52N2O6. The lowest BCUT2D eigenvalue weighted by molar-refractivity contribution is -0.174. The molecule has 0 aliphatic heterocycles. The highest BCUT2D eigenvalue weighted by atomic mass is 16.5. The fourth-order valence-corrected chi connectivity index (χ4v) is 11.8. The molecule has 0 aromatic heterocycles. The van der Waals surface area contributed by atoms with Gasteiger partial charge in [-0.05, 0) is 86.5 Å². The first-order chi connectivity index (χ1) is 25.4. The Labute approximate surface area is 312 Å². The highest BCUT2D eigenvalue weighted by molar-refractivity contribution is 6.10. The van der Waals surface area contributed by atoms with Crippen molar-refractivity contribution in [3.05, 3.63) is 114 Å². The summed E-state index contributed by atoms with van der Waals surface area (Å²) >= 11 is 0. The average molecular weight is 717 g/mol. The number of anilines is 1. The maximum Gasteiger partial charge on any atom is 0.322 e. The lowest BCUT2D eigenvalue weighted by atomic mass is 9.32. The Bertz CT molecular complexity index is 1960. The van der Waals surface area contributed by atoms with Gasteiger partial charge < -0.3 is 29.9 Å². The molecule has 3 aromatic carbocycles. The molecule has 1 unspecified atom stereocenters. The van der Waals surface area contributed by atoms with Gasteiger partial charge in [-0.2, -0.15) is 0 Å². The van der Waals surface area contributed by atoms with Crippen LogP contribution in [-0.2, 0) is 6.54 Å². The molecule has 0 heterocycles. The molecule has 53 heavy (non-hydrogen) atoms. The lowest BCUT2D eigenvalue weighted by Gasteiger charge is -2.71. The number of allylic oxidation sites excluding steroid dienone is 4. The van der Waals surface area contributed by atoms with Crippen LogP contribution in [0.1, 0.15) is 74.7 Å². The van der Waals surface area contributed by atoms with Gasteiger partial charge in [-0.15, -0.1) is 0 Å². The van der Waals surface area contributed by atoms with Gasteiger partial charge in [0.05, 0.1) is 39.0 Å². The molecule has 8 atom stereocenters. The molecule has 9 rings (SSSR count). The van der Waals surface area contributed by atoms with E-state index in [0.717, 1.165) is 43.2 Å². The summed E-state index contributed by atoms with van der Waals surface area (Å²) in [6, 6.07) is 24.2. The number of aliphatic hydroxyl groups excluding tert-OH is 1. The summed E-state index contributed by atoms with van der Waals surface area (Å²) in [5.74, 6) is 1.43. The van der Waals surface area contributed by atoms with E-state index in [1.807, 2.05) is 78.9 Å². The van der Waals surface area contributed by atoms with Gasteiger partial charge >= 0.3 is 6.03 Å². The van der Waals surface area contributed by atoms with E-state index in [9.17, 15) is 19.8 Å². The molecule has 8 nitrogen and oxygen atoms in total. The number of amides is 2. The van der Waals surface area contributed by atoms with Crippen molar-refractivity contribution in [1.82, 2.24) is 4.90 Å². The number of fused-ring (bicyclic) bond motifs is 1. The minimum Gasteiger partial charge on any atom is -0.497 e.